The quantitative estimate of drug-likeness (QED) is 0.711. The van der Waals surface area contributed by atoms with Crippen LogP contribution in [-0.2, 0) is 9.53 Å². The standard InChI is InChI=1S/C13H23NO3/c1-17-12(16)11(10-5-6-10)14-13(9-15)7-3-2-4-8-13/h10-11,14-15H,2-9H2,1H3. The molecule has 0 spiro atoms. The van der Waals surface area contributed by atoms with Gasteiger partial charge in [-0.05, 0) is 31.6 Å². The van der Waals surface area contributed by atoms with Crippen LogP contribution in [0.15, 0.2) is 0 Å². The van der Waals surface area contributed by atoms with Crippen LogP contribution in [0.25, 0.3) is 0 Å². The Morgan fingerprint density at radius 2 is 2.06 bits per heavy atom. The van der Waals surface area contributed by atoms with Crippen molar-refractivity contribution in [1.82, 2.24) is 5.32 Å². The molecular formula is C13H23NO3. The summed E-state index contributed by atoms with van der Waals surface area (Å²) < 4.78 is 4.86. The number of carbonyl (C=O) groups excluding carboxylic acids is 1. The minimum atomic E-state index is -0.250. The molecule has 0 heterocycles. The van der Waals surface area contributed by atoms with E-state index in [9.17, 15) is 9.90 Å². The molecule has 0 radical (unpaired) electrons. The topological polar surface area (TPSA) is 58.6 Å². The molecule has 4 nitrogen and oxygen atoms in total. The molecule has 0 aliphatic heterocycles. The fourth-order valence-electron chi connectivity index (χ4n) is 2.83. The zero-order valence-electron chi connectivity index (χ0n) is 10.6. The number of ether oxygens (including phenoxy) is 1. The number of hydrogen-bond acceptors (Lipinski definition) is 4. The molecule has 2 aliphatic rings. The number of aliphatic hydroxyl groups is 1. The number of nitrogens with one attached hydrogen (secondary N) is 1. The van der Waals surface area contributed by atoms with Crippen LogP contribution in [0, 0.1) is 5.92 Å². The summed E-state index contributed by atoms with van der Waals surface area (Å²) in [4.78, 5) is 11.8. The smallest absolute Gasteiger partial charge is 0.323 e. The van der Waals surface area contributed by atoms with E-state index in [1.165, 1.54) is 13.5 Å². The van der Waals surface area contributed by atoms with Crippen molar-refractivity contribution >= 4 is 5.97 Å². The average Bonchev–Trinajstić information content (AvgIpc) is 3.20. The summed E-state index contributed by atoms with van der Waals surface area (Å²) in [6.45, 7) is 0.118. The average molecular weight is 241 g/mol. The van der Waals surface area contributed by atoms with Gasteiger partial charge in [-0.15, -0.1) is 0 Å². The summed E-state index contributed by atoms with van der Waals surface area (Å²) in [5, 5.41) is 13.0. The molecule has 2 N–H and O–H groups in total. The van der Waals surface area contributed by atoms with Crippen molar-refractivity contribution in [1.29, 1.82) is 0 Å². The van der Waals surface area contributed by atoms with E-state index in [0.717, 1.165) is 38.5 Å². The molecule has 1 unspecified atom stereocenters. The Hall–Kier alpha value is -0.610. The number of carbonyl (C=O) groups is 1. The van der Waals surface area contributed by atoms with Gasteiger partial charge in [0.1, 0.15) is 6.04 Å². The van der Waals surface area contributed by atoms with Crippen molar-refractivity contribution in [3.8, 4) is 0 Å². The van der Waals surface area contributed by atoms with Crippen LogP contribution in [0.3, 0.4) is 0 Å². The van der Waals surface area contributed by atoms with Gasteiger partial charge < -0.3 is 9.84 Å². The second-order valence-electron chi connectivity index (χ2n) is 5.48. The van der Waals surface area contributed by atoms with Gasteiger partial charge in [0, 0.05) is 5.54 Å². The fraction of sp³-hybridized carbons (Fsp3) is 0.923. The molecule has 2 rings (SSSR count). The molecule has 98 valence electrons. The van der Waals surface area contributed by atoms with Gasteiger partial charge >= 0.3 is 5.97 Å². The number of methoxy groups -OCH3 is 1. The molecule has 0 aromatic rings. The Morgan fingerprint density at radius 3 is 2.53 bits per heavy atom. The third-order valence-electron chi connectivity index (χ3n) is 4.12. The molecule has 4 heteroatoms. The lowest BCUT2D eigenvalue weighted by atomic mass is 9.81. The van der Waals surface area contributed by atoms with Crippen LogP contribution in [0.1, 0.15) is 44.9 Å². The zero-order valence-corrected chi connectivity index (χ0v) is 10.6. The molecule has 0 aromatic carbocycles. The summed E-state index contributed by atoms with van der Waals surface area (Å²) in [6, 6.07) is -0.217. The highest BCUT2D eigenvalue weighted by molar-refractivity contribution is 5.76. The Kier molecular flexibility index (Phi) is 4.05. The maximum atomic E-state index is 11.8. The highest BCUT2D eigenvalue weighted by atomic mass is 16.5. The van der Waals surface area contributed by atoms with Crippen molar-refractivity contribution < 1.29 is 14.6 Å². The lowest BCUT2D eigenvalue weighted by Gasteiger charge is -2.39. The minimum Gasteiger partial charge on any atom is -0.468 e. The van der Waals surface area contributed by atoms with Crippen LogP contribution in [0.4, 0.5) is 0 Å². The zero-order chi connectivity index (χ0) is 12.3. The van der Waals surface area contributed by atoms with Crippen LogP contribution in [-0.4, -0.2) is 36.4 Å². The molecule has 0 bridgehead atoms. The van der Waals surface area contributed by atoms with Crippen molar-refractivity contribution in [2.75, 3.05) is 13.7 Å². The molecule has 2 fully saturated rings. The van der Waals surface area contributed by atoms with E-state index >= 15 is 0 Å². The first-order valence-corrected chi connectivity index (χ1v) is 6.67. The maximum Gasteiger partial charge on any atom is 0.323 e. The van der Waals surface area contributed by atoms with Gasteiger partial charge in [0.25, 0.3) is 0 Å². The lowest BCUT2D eigenvalue weighted by Crippen LogP contribution is -2.57. The summed E-state index contributed by atoms with van der Waals surface area (Å²) >= 11 is 0. The van der Waals surface area contributed by atoms with Crippen LogP contribution in [0.2, 0.25) is 0 Å². The SMILES string of the molecule is COC(=O)C(NC1(CO)CCCCC1)C1CC1. The van der Waals surface area contributed by atoms with E-state index in [1.807, 2.05) is 0 Å². The molecule has 17 heavy (non-hydrogen) atoms. The van der Waals surface area contributed by atoms with Gasteiger partial charge in [0.2, 0.25) is 0 Å². The van der Waals surface area contributed by atoms with Gasteiger partial charge in [0.05, 0.1) is 13.7 Å². The Bertz CT molecular complexity index is 270. The van der Waals surface area contributed by atoms with E-state index in [-0.39, 0.29) is 24.2 Å². The highest BCUT2D eigenvalue weighted by Gasteiger charge is 2.42. The first kappa shape index (κ1) is 12.8. The van der Waals surface area contributed by atoms with Gasteiger partial charge in [-0.1, -0.05) is 19.3 Å². The molecule has 1 atom stereocenters. The van der Waals surface area contributed by atoms with E-state index < -0.39 is 0 Å². The van der Waals surface area contributed by atoms with Gasteiger partial charge in [0.15, 0.2) is 0 Å². The first-order chi connectivity index (χ1) is 8.21. The first-order valence-electron chi connectivity index (χ1n) is 6.67. The molecular weight excluding hydrogens is 218 g/mol. The highest BCUT2D eigenvalue weighted by Crippen LogP contribution is 2.36. The number of rotatable bonds is 5. The van der Waals surface area contributed by atoms with Crippen molar-refractivity contribution in [2.45, 2.75) is 56.5 Å². The van der Waals surface area contributed by atoms with Crippen molar-refractivity contribution in [3.05, 3.63) is 0 Å². The summed E-state index contributed by atoms with van der Waals surface area (Å²) in [7, 11) is 1.44. The third-order valence-corrected chi connectivity index (χ3v) is 4.12. The normalized spacial score (nSPS) is 25.3. The van der Waals surface area contributed by atoms with Gasteiger partial charge in [-0.2, -0.15) is 0 Å². The predicted octanol–water partition coefficient (Wildman–Crippen LogP) is 1.22. The number of esters is 1. The Balaban J connectivity index is 2.01. The maximum absolute atomic E-state index is 11.8. The van der Waals surface area contributed by atoms with Crippen molar-refractivity contribution in [3.63, 3.8) is 0 Å². The number of aliphatic hydroxyl groups excluding tert-OH is 1. The molecule has 0 aromatic heterocycles. The Morgan fingerprint density at radius 1 is 1.41 bits per heavy atom. The summed E-state index contributed by atoms with van der Waals surface area (Å²) in [6.07, 6.45) is 7.60. The Labute approximate surface area is 103 Å². The molecule has 0 amide bonds. The van der Waals surface area contributed by atoms with Crippen molar-refractivity contribution in [2.24, 2.45) is 5.92 Å². The lowest BCUT2D eigenvalue weighted by molar-refractivity contribution is -0.144. The third kappa shape index (κ3) is 2.99. The van der Waals surface area contributed by atoms with Crippen LogP contribution in [0.5, 0.6) is 0 Å². The summed E-state index contributed by atoms with van der Waals surface area (Å²) in [5.41, 5.74) is -0.250. The largest absolute Gasteiger partial charge is 0.468 e. The summed E-state index contributed by atoms with van der Waals surface area (Å²) in [5.74, 6) is 0.235. The van der Waals surface area contributed by atoms with Gasteiger partial charge in [-0.25, -0.2) is 0 Å². The van der Waals surface area contributed by atoms with E-state index in [1.54, 1.807) is 0 Å². The minimum absolute atomic E-state index is 0.118. The van der Waals surface area contributed by atoms with E-state index in [4.69, 9.17) is 4.74 Å². The fourth-order valence-corrected chi connectivity index (χ4v) is 2.83. The second-order valence-corrected chi connectivity index (χ2v) is 5.48. The molecule has 2 saturated carbocycles. The number of hydrogen-bond donors (Lipinski definition) is 2. The molecule has 2 aliphatic carbocycles. The van der Waals surface area contributed by atoms with Crippen LogP contribution < -0.4 is 5.32 Å². The van der Waals surface area contributed by atoms with Crippen LogP contribution >= 0.6 is 0 Å². The van der Waals surface area contributed by atoms with E-state index in [2.05, 4.69) is 5.32 Å². The van der Waals surface area contributed by atoms with E-state index in [0.29, 0.717) is 5.92 Å². The van der Waals surface area contributed by atoms with Gasteiger partial charge in [-0.3, -0.25) is 10.1 Å². The predicted molar refractivity (Wildman–Crippen MR) is 64.6 cm³/mol. The molecule has 0 saturated heterocycles. The second kappa shape index (κ2) is 5.36. The monoisotopic (exact) mass is 241 g/mol.